The van der Waals surface area contributed by atoms with E-state index in [4.69, 9.17) is 11.5 Å². The number of aliphatic imine (C=N–C) groups is 2. The van der Waals surface area contributed by atoms with Crippen molar-refractivity contribution in [2.75, 3.05) is 14.2 Å². The molecule has 1 aromatic rings. The van der Waals surface area contributed by atoms with Crippen LogP contribution in [0.25, 0.3) is 0 Å². The molecule has 0 unspecified atom stereocenters. The first-order chi connectivity index (χ1) is 9.99. The van der Waals surface area contributed by atoms with Crippen LogP contribution in [0.5, 0.6) is 0 Å². The zero-order valence-electron chi connectivity index (χ0n) is 11.5. The Balaban J connectivity index is 3.02. The molecule has 21 heavy (non-hydrogen) atoms. The molecule has 0 aliphatic carbocycles. The van der Waals surface area contributed by atoms with Crippen molar-refractivity contribution in [3.05, 3.63) is 30.3 Å². The van der Waals surface area contributed by atoms with Gasteiger partial charge in [0.2, 0.25) is 11.9 Å². The number of ether oxygens (including phenoxy) is 2. The summed E-state index contributed by atoms with van der Waals surface area (Å²) in [6.07, 6.45) is -2.12. The van der Waals surface area contributed by atoms with Gasteiger partial charge in [0.25, 0.3) is 0 Å². The lowest BCUT2D eigenvalue weighted by atomic mass is 10.3. The van der Waals surface area contributed by atoms with Gasteiger partial charge in [-0.05, 0) is 12.1 Å². The minimum Gasteiger partial charge on any atom is -0.452 e. The molecule has 1 aromatic carbocycles. The van der Waals surface area contributed by atoms with E-state index in [-0.39, 0.29) is 5.96 Å². The predicted molar refractivity (Wildman–Crippen MR) is 76.0 cm³/mol. The average molecular weight is 293 g/mol. The van der Waals surface area contributed by atoms with Gasteiger partial charge in [0.15, 0.2) is 0 Å². The summed E-state index contributed by atoms with van der Waals surface area (Å²) in [6, 6.07) is 8.71. The molecular formula is C12H15N5O4. The summed E-state index contributed by atoms with van der Waals surface area (Å²) in [5, 5.41) is 0. The SMILES string of the molecule is COC(=O)N(C(=O)OC)/C(N)=N/C(N)=Nc1ccccc1. The van der Waals surface area contributed by atoms with Crippen LogP contribution >= 0.6 is 0 Å². The second-order valence-electron chi connectivity index (χ2n) is 3.55. The van der Waals surface area contributed by atoms with E-state index >= 15 is 0 Å². The van der Waals surface area contributed by atoms with Crippen LogP contribution in [0, 0.1) is 0 Å². The molecular weight excluding hydrogens is 278 g/mol. The number of para-hydroxylation sites is 1. The Hall–Kier alpha value is -3.10. The molecule has 0 saturated heterocycles. The van der Waals surface area contributed by atoms with Crippen LogP contribution in [0.3, 0.4) is 0 Å². The fourth-order valence-electron chi connectivity index (χ4n) is 1.27. The normalized spacial score (nSPS) is 11.7. The largest absolute Gasteiger partial charge is 0.452 e. The van der Waals surface area contributed by atoms with Crippen LogP contribution in [0.15, 0.2) is 40.3 Å². The van der Waals surface area contributed by atoms with Crippen molar-refractivity contribution in [3.63, 3.8) is 0 Å². The molecule has 0 aliphatic rings. The smallest absolute Gasteiger partial charge is 0.426 e. The maximum Gasteiger partial charge on any atom is 0.426 e. The van der Waals surface area contributed by atoms with Gasteiger partial charge >= 0.3 is 12.2 Å². The first-order valence-electron chi connectivity index (χ1n) is 5.69. The summed E-state index contributed by atoms with van der Waals surface area (Å²) in [6.45, 7) is 0. The summed E-state index contributed by atoms with van der Waals surface area (Å²) in [4.78, 5) is 30.9. The van der Waals surface area contributed by atoms with Gasteiger partial charge in [0, 0.05) is 0 Å². The number of carbonyl (C=O) groups is 2. The van der Waals surface area contributed by atoms with E-state index in [1.807, 2.05) is 6.07 Å². The van der Waals surface area contributed by atoms with E-state index in [0.717, 1.165) is 14.2 Å². The highest BCUT2D eigenvalue weighted by atomic mass is 16.6. The molecule has 2 amide bonds. The fourth-order valence-corrected chi connectivity index (χ4v) is 1.27. The highest BCUT2D eigenvalue weighted by Gasteiger charge is 2.27. The first-order valence-corrected chi connectivity index (χ1v) is 5.69. The van der Waals surface area contributed by atoms with Gasteiger partial charge in [-0.3, -0.25) is 0 Å². The Bertz CT molecular complexity index is 554. The number of hydrogen-bond acceptors (Lipinski definition) is 5. The maximum absolute atomic E-state index is 11.5. The van der Waals surface area contributed by atoms with Crippen LogP contribution in [0.2, 0.25) is 0 Å². The third kappa shape index (κ3) is 4.49. The maximum atomic E-state index is 11.5. The predicted octanol–water partition coefficient (Wildman–Crippen LogP) is 0.782. The number of imide groups is 1. The van der Waals surface area contributed by atoms with Gasteiger partial charge in [0.05, 0.1) is 19.9 Å². The Morgan fingerprint density at radius 3 is 2.05 bits per heavy atom. The minimum absolute atomic E-state index is 0.239. The van der Waals surface area contributed by atoms with Crippen molar-refractivity contribution >= 4 is 29.8 Å². The van der Waals surface area contributed by atoms with Crippen LogP contribution < -0.4 is 11.5 Å². The summed E-state index contributed by atoms with van der Waals surface area (Å²) >= 11 is 0. The molecule has 112 valence electrons. The van der Waals surface area contributed by atoms with Crippen molar-refractivity contribution in [1.82, 2.24) is 4.90 Å². The lowest BCUT2D eigenvalue weighted by Crippen LogP contribution is -2.46. The Morgan fingerprint density at radius 2 is 1.57 bits per heavy atom. The second-order valence-corrected chi connectivity index (χ2v) is 3.55. The number of nitrogens with two attached hydrogens (primary N) is 2. The van der Waals surface area contributed by atoms with E-state index in [2.05, 4.69) is 19.5 Å². The summed E-state index contributed by atoms with van der Waals surface area (Å²) < 4.78 is 8.80. The highest BCUT2D eigenvalue weighted by Crippen LogP contribution is 2.09. The molecule has 0 fully saturated rings. The average Bonchev–Trinajstić information content (AvgIpc) is 2.47. The number of amides is 2. The molecule has 0 aliphatic heterocycles. The molecule has 0 heterocycles. The number of guanidine groups is 2. The van der Waals surface area contributed by atoms with Crippen LogP contribution in [0.1, 0.15) is 0 Å². The van der Waals surface area contributed by atoms with Gasteiger partial charge in [-0.2, -0.15) is 4.99 Å². The van der Waals surface area contributed by atoms with Crippen molar-refractivity contribution in [2.24, 2.45) is 21.5 Å². The molecule has 9 nitrogen and oxygen atoms in total. The second kappa shape index (κ2) is 7.48. The number of carbonyl (C=O) groups excluding carboxylic acids is 2. The van der Waals surface area contributed by atoms with Crippen molar-refractivity contribution in [3.8, 4) is 0 Å². The van der Waals surface area contributed by atoms with E-state index in [1.165, 1.54) is 0 Å². The zero-order valence-corrected chi connectivity index (χ0v) is 11.5. The van der Waals surface area contributed by atoms with Crippen molar-refractivity contribution < 1.29 is 19.1 Å². The number of benzene rings is 1. The summed E-state index contributed by atoms with van der Waals surface area (Å²) in [5.41, 5.74) is 11.7. The summed E-state index contributed by atoms with van der Waals surface area (Å²) in [7, 11) is 2.15. The molecule has 1 rings (SSSR count). The lowest BCUT2D eigenvalue weighted by molar-refractivity contribution is 0.119. The number of nitrogens with zero attached hydrogens (tertiary/aromatic N) is 3. The molecule has 0 saturated carbocycles. The Labute approximate surface area is 120 Å². The zero-order chi connectivity index (χ0) is 15.8. The molecule has 0 bridgehead atoms. The van der Waals surface area contributed by atoms with Crippen molar-refractivity contribution in [1.29, 1.82) is 0 Å². The molecule has 0 spiro atoms. The molecule has 0 atom stereocenters. The van der Waals surface area contributed by atoms with Crippen LogP contribution in [-0.4, -0.2) is 43.2 Å². The lowest BCUT2D eigenvalue weighted by Gasteiger charge is -2.16. The topological polar surface area (TPSA) is 133 Å². The van der Waals surface area contributed by atoms with Gasteiger partial charge in [-0.15, -0.1) is 4.90 Å². The number of methoxy groups -OCH3 is 2. The highest BCUT2D eigenvalue weighted by molar-refractivity contribution is 6.10. The van der Waals surface area contributed by atoms with Gasteiger partial charge in [-0.1, -0.05) is 18.2 Å². The van der Waals surface area contributed by atoms with Gasteiger partial charge in [0.1, 0.15) is 0 Å². The monoisotopic (exact) mass is 293 g/mol. The molecule has 0 radical (unpaired) electrons. The third-order valence-electron chi connectivity index (χ3n) is 2.17. The molecule has 9 heteroatoms. The minimum atomic E-state index is -1.06. The van der Waals surface area contributed by atoms with Gasteiger partial charge < -0.3 is 20.9 Å². The number of rotatable bonds is 1. The Kier molecular flexibility index (Phi) is 5.68. The van der Waals surface area contributed by atoms with E-state index in [9.17, 15) is 9.59 Å². The first kappa shape index (κ1) is 16.0. The summed E-state index contributed by atoms with van der Waals surface area (Å²) in [5.74, 6) is -0.762. The molecule has 4 N–H and O–H groups in total. The third-order valence-corrected chi connectivity index (χ3v) is 2.17. The van der Waals surface area contributed by atoms with E-state index in [0.29, 0.717) is 10.6 Å². The van der Waals surface area contributed by atoms with E-state index in [1.54, 1.807) is 24.3 Å². The van der Waals surface area contributed by atoms with Crippen LogP contribution in [0.4, 0.5) is 15.3 Å². The molecule has 0 aromatic heterocycles. The Morgan fingerprint density at radius 1 is 1.05 bits per heavy atom. The standard InChI is InChI=1S/C12H15N5O4/c1-20-11(18)17(12(19)21-2)10(14)16-9(13)15-8-6-4-3-5-7-8/h3-7H,1-2H3,(H4,13,14,15,16). The van der Waals surface area contributed by atoms with Gasteiger partial charge in [-0.25, -0.2) is 14.6 Å². The van der Waals surface area contributed by atoms with E-state index < -0.39 is 18.1 Å². The fraction of sp³-hybridized carbons (Fsp3) is 0.167. The number of hydrogen-bond donors (Lipinski definition) is 2. The van der Waals surface area contributed by atoms with Crippen LogP contribution in [-0.2, 0) is 9.47 Å². The quantitative estimate of drug-likeness (QED) is 0.580. The van der Waals surface area contributed by atoms with Crippen molar-refractivity contribution in [2.45, 2.75) is 0 Å².